The van der Waals surface area contributed by atoms with Gasteiger partial charge in [-0.05, 0) is 23.3 Å². The average molecular weight is 419 g/mol. The summed E-state index contributed by atoms with van der Waals surface area (Å²) in [7, 11) is 1.25. The van der Waals surface area contributed by atoms with E-state index in [9.17, 15) is 18.0 Å². The minimum atomic E-state index is -4.66. The van der Waals surface area contributed by atoms with Crippen LogP contribution in [0.15, 0.2) is 42.5 Å². The summed E-state index contributed by atoms with van der Waals surface area (Å²) in [4.78, 5) is 15.8. The summed E-state index contributed by atoms with van der Waals surface area (Å²) in [5.74, 6) is -1.26. The van der Waals surface area contributed by atoms with Gasteiger partial charge < -0.3 is 21.2 Å². The van der Waals surface area contributed by atoms with Gasteiger partial charge in [0.1, 0.15) is 18.1 Å². The first-order valence-corrected chi connectivity index (χ1v) is 8.87. The molecule has 2 aromatic carbocycles. The minimum Gasteiger partial charge on any atom is -0.489 e. The Hall–Kier alpha value is -3.53. The molecular weight excluding hydrogens is 399 g/mol. The van der Waals surface area contributed by atoms with Crippen molar-refractivity contribution in [2.24, 2.45) is 11.5 Å². The van der Waals surface area contributed by atoms with E-state index in [-0.39, 0.29) is 29.0 Å². The van der Waals surface area contributed by atoms with Crippen LogP contribution in [0.1, 0.15) is 27.2 Å². The average Bonchev–Trinajstić information content (AvgIpc) is 3.13. The number of carbonyl (C=O) groups is 1. The highest BCUT2D eigenvalue weighted by molar-refractivity contribution is 6.06. The third-order valence-electron chi connectivity index (χ3n) is 4.55. The zero-order valence-electron chi connectivity index (χ0n) is 16.0. The van der Waals surface area contributed by atoms with Crippen molar-refractivity contribution in [2.75, 3.05) is 7.05 Å². The van der Waals surface area contributed by atoms with Crippen molar-refractivity contribution >= 4 is 22.8 Å². The predicted molar refractivity (Wildman–Crippen MR) is 106 cm³/mol. The van der Waals surface area contributed by atoms with Crippen LogP contribution in [0.2, 0.25) is 0 Å². The van der Waals surface area contributed by atoms with Gasteiger partial charge in [0.2, 0.25) is 0 Å². The Bertz CT molecular complexity index is 1110. The van der Waals surface area contributed by atoms with Crippen molar-refractivity contribution in [1.29, 1.82) is 5.41 Å². The minimum absolute atomic E-state index is 0.00579. The lowest BCUT2D eigenvalue weighted by Crippen LogP contribution is -2.38. The van der Waals surface area contributed by atoms with Gasteiger partial charge in [-0.1, -0.05) is 24.3 Å². The van der Waals surface area contributed by atoms with E-state index in [2.05, 4.69) is 4.98 Å². The molecule has 0 radical (unpaired) electrons. The van der Waals surface area contributed by atoms with Gasteiger partial charge in [0, 0.05) is 25.0 Å². The number of aromatic amines is 1. The highest BCUT2D eigenvalue weighted by Gasteiger charge is 2.34. The Morgan fingerprint density at radius 1 is 1.20 bits per heavy atom. The van der Waals surface area contributed by atoms with E-state index < -0.39 is 23.6 Å². The maximum atomic E-state index is 13.6. The van der Waals surface area contributed by atoms with Gasteiger partial charge in [-0.15, -0.1) is 0 Å². The van der Waals surface area contributed by atoms with Crippen LogP contribution in [0.3, 0.4) is 0 Å². The number of amides is 1. The molecule has 0 aliphatic carbocycles. The number of nitrogens with zero attached hydrogens (tertiary/aromatic N) is 1. The van der Waals surface area contributed by atoms with Crippen molar-refractivity contribution in [3.05, 3.63) is 64.8 Å². The zero-order chi connectivity index (χ0) is 22.1. The molecule has 6 N–H and O–H groups in total. The quantitative estimate of drug-likeness (QED) is 0.375. The second kappa shape index (κ2) is 8.07. The maximum absolute atomic E-state index is 13.6. The van der Waals surface area contributed by atoms with Crippen molar-refractivity contribution in [2.45, 2.75) is 19.3 Å². The van der Waals surface area contributed by atoms with Crippen LogP contribution in [0, 0.1) is 5.41 Å². The summed E-state index contributed by atoms with van der Waals surface area (Å²) >= 11 is 0. The van der Waals surface area contributed by atoms with Gasteiger partial charge in [-0.25, -0.2) is 0 Å². The molecule has 10 heteroatoms. The van der Waals surface area contributed by atoms with Crippen LogP contribution in [0.25, 0.3) is 10.9 Å². The molecule has 3 aromatic rings. The summed E-state index contributed by atoms with van der Waals surface area (Å²) in [5.41, 5.74) is 11.5. The smallest absolute Gasteiger partial charge is 0.417 e. The Labute approximate surface area is 169 Å². The maximum Gasteiger partial charge on any atom is 0.417 e. The summed E-state index contributed by atoms with van der Waals surface area (Å²) in [6.07, 6.45) is -4.66. The van der Waals surface area contributed by atoms with Gasteiger partial charge in [-0.3, -0.25) is 15.1 Å². The molecule has 0 unspecified atom stereocenters. The van der Waals surface area contributed by atoms with Crippen LogP contribution in [0.4, 0.5) is 13.2 Å². The summed E-state index contributed by atoms with van der Waals surface area (Å²) in [6, 6.07) is 10.6. The van der Waals surface area contributed by atoms with Gasteiger partial charge in [0.25, 0.3) is 5.91 Å². The van der Waals surface area contributed by atoms with E-state index in [1.54, 1.807) is 12.1 Å². The van der Waals surface area contributed by atoms with Crippen LogP contribution >= 0.6 is 0 Å². The number of ether oxygens (including phenoxy) is 1. The molecule has 7 nitrogen and oxygen atoms in total. The number of aromatic nitrogens is 1. The van der Waals surface area contributed by atoms with Crippen LogP contribution in [0.5, 0.6) is 5.75 Å². The van der Waals surface area contributed by atoms with E-state index in [0.29, 0.717) is 6.54 Å². The number of carbonyl (C=O) groups excluding carboxylic acids is 1. The molecule has 0 bridgehead atoms. The summed E-state index contributed by atoms with van der Waals surface area (Å²) in [5, 5.41) is 7.14. The standard InChI is InChI=1S/C20H20F3N5O2/c1-28(19(25)26)18(29)17-8-14-15(20(21,22)23)6-13(7-16(14)27-17)30-10-12-4-2-3-11(5-12)9-24/h2-8,27H,9-10,24H2,1H3,(H3,25,26). The number of halogens is 3. The molecule has 1 amide bonds. The first kappa shape index (κ1) is 21.2. The molecule has 1 heterocycles. The fourth-order valence-electron chi connectivity index (χ4n) is 2.95. The number of fused-ring (bicyclic) bond motifs is 1. The van der Waals surface area contributed by atoms with E-state index >= 15 is 0 Å². The van der Waals surface area contributed by atoms with Crippen LogP contribution < -0.4 is 16.2 Å². The van der Waals surface area contributed by atoms with E-state index in [1.807, 2.05) is 12.1 Å². The van der Waals surface area contributed by atoms with Crippen molar-refractivity contribution in [1.82, 2.24) is 9.88 Å². The Balaban J connectivity index is 1.97. The molecule has 0 fully saturated rings. The molecule has 0 saturated carbocycles. The Morgan fingerprint density at radius 3 is 2.53 bits per heavy atom. The zero-order valence-corrected chi connectivity index (χ0v) is 16.0. The van der Waals surface area contributed by atoms with Gasteiger partial charge in [-0.2, -0.15) is 13.2 Å². The van der Waals surface area contributed by atoms with Crippen LogP contribution in [-0.2, 0) is 19.3 Å². The Morgan fingerprint density at radius 2 is 1.90 bits per heavy atom. The van der Waals surface area contributed by atoms with E-state index in [1.165, 1.54) is 13.1 Å². The number of hydrogen-bond acceptors (Lipinski definition) is 4. The van der Waals surface area contributed by atoms with Crippen molar-refractivity contribution < 1.29 is 22.7 Å². The number of hydrogen-bond donors (Lipinski definition) is 4. The summed E-state index contributed by atoms with van der Waals surface area (Å²) in [6.45, 7) is 0.391. The van der Waals surface area contributed by atoms with Crippen molar-refractivity contribution in [3.63, 3.8) is 0 Å². The van der Waals surface area contributed by atoms with E-state index in [0.717, 1.165) is 28.2 Å². The highest BCUT2D eigenvalue weighted by Crippen LogP contribution is 2.38. The molecule has 0 saturated heterocycles. The third kappa shape index (κ3) is 4.38. The normalized spacial score (nSPS) is 11.5. The first-order valence-electron chi connectivity index (χ1n) is 8.87. The third-order valence-corrected chi connectivity index (χ3v) is 4.55. The molecule has 1 aromatic heterocycles. The number of H-pyrrole nitrogens is 1. The number of guanidine groups is 1. The molecular formula is C20H20F3N5O2. The molecule has 0 spiro atoms. The molecule has 3 rings (SSSR count). The summed E-state index contributed by atoms with van der Waals surface area (Å²) < 4.78 is 46.5. The first-order chi connectivity index (χ1) is 14.1. The number of nitrogens with two attached hydrogens (primary N) is 2. The predicted octanol–water partition coefficient (Wildman–Crippen LogP) is 3.19. The molecule has 158 valence electrons. The molecule has 30 heavy (non-hydrogen) atoms. The molecule has 0 aliphatic rings. The van der Waals surface area contributed by atoms with E-state index in [4.69, 9.17) is 21.6 Å². The fourth-order valence-corrected chi connectivity index (χ4v) is 2.95. The molecule has 0 aliphatic heterocycles. The second-order valence-corrected chi connectivity index (χ2v) is 6.68. The number of benzene rings is 2. The largest absolute Gasteiger partial charge is 0.489 e. The number of alkyl halides is 3. The second-order valence-electron chi connectivity index (χ2n) is 6.68. The van der Waals surface area contributed by atoms with Gasteiger partial charge in [0.05, 0.1) is 11.1 Å². The Kier molecular flexibility index (Phi) is 5.70. The number of rotatable bonds is 5. The lowest BCUT2D eigenvalue weighted by Gasteiger charge is -2.12. The molecule has 0 atom stereocenters. The topological polar surface area (TPSA) is 121 Å². The highest BCUT2D eigenvalue weighted by atomic mass is 19.4. The fraction of sp³-hybridized carbons (Fsp3) is 0.200. The SMILES string of the molecule is CN(C(=N)N)C(=O)c1cc2c(C(F)(F)F)cc(OCc3cccc(CN)c3)cc2[nH]1. The van der Waals surface area contributed by atoms with Crippen LogP contribution in [-0.4, -0.2) is 28.8 Å². The van der Waals surface area contributed by atoms with Crippen molar-refractivity contribution in [3.8, 4) is 5.75 Å². The number of nitrogens with one attached hydrogen (secondary N) is 2. The lowest BCUT2D eigenvalue weighted by atomic mass is 10.1. The van der Waals surface area contributed by atoms with Gasteiger partial charge in [0.15, 0.2) is 5.96 Å². The van der Waals surface area contributed by atoms with Gasteiger partial charge >= 0.3 is 6.18 Å². The monoisotopic (exact) mass is 419 g/mol. The lowest BCUT2D eigenvalue weighted by molar-refractivity contribution is -0.136.